The van der Waals surface area contributed by atoms with E-state index >= 15 is 0 Å². The molecule has 3 aliphatic rings. The number of nitrogens with one attached hydrogen (secondary N) is 1. The molecule has 184 valence electrons. The van der Waals surface area contributed by atoms with Gasteiger partial charge in [-0.1, -0.05) is 13.8 Å². The molecule has 0 aromatic carbocycles. The van der Waals surface area contributed by atoms with E-state index in [4.69, 9.17) is 0 Å². The predicted molar refractivity (Wildman–Crippen MR) is 121 cm³/mol. The van der Waals surface area contributed by atoms with Gasteiger partial charge in [0.1, 0.15) is 18.6 Å². The maximum Gasteiger partial charge on any atom is 0.353 e. The van der Waals surface area contributed by atoms with Gasteiger partial charge in [0.15, 0.2) is 5.78 Å². The first kappa shape index (κ1) is 24.3. The van der Waals surface area contributed by atoms with Crippen LogP contribution in [0.25, 0.3) is 0 Å². The Kier molecular flexibility index (Phi) is 6.76. The molecule has 2 fully saturated rings. The van der Waals surface area contributed by atoms with E-state index < -0.39 is 11.9 Å². The van der Waals surface area contributed by atoms with E-state index in [9.17, 15) is 24.3 Å². The van der Waals surface area contributed by atoms with Gasteiger partial charge in [-0.25, -0.2) is 9.48 Å². The molecule has 0 unspecified atom stereocenters. The third-order valence-corrected chi connectivity index (χ3v) is 8.32. The van der Waals surface area contributed by atoms with Gasteiger partial charge in [-0.3, -0.25) is 14.4 Å². The van der Waals surface area contributed by atoms with Crippen molar-refractivity contribution in [2.24, 2.45) is 17.8 Å². The zero-order chi connectivity index (χ0) is 24.7. The molecule has 0 bridgehead atoms. The number of carbonyl (C=O) groups is 4. The third-order valence-electron chi connectivity index (χ3n) is 6.81. The van der Waals surface area contributed by atoms with E-state index in [0.717, 1.165) is 0 Å². The molecule has 6 atom stereocenters. The van der Waals surface area contributed by atoms with Gasteiger partial charge in [0, 0.05) is 43.1 Å². The molecule has 12 nitrogen and oxygen atoms in total. The second-order valence-electron chi connectivity index (χ2n) is 9.43. The van der Waals surface area contributed by atoms with E-state index in [1.165, 1.54) is 27.7 Å². The van der Waals surface area contributed by atoms with Gasteiger partial charge >= 0.3 is 5.97 Å². The lowest BCUT2D eigenvalue weighted by molar-refractivity contribution is -0.160. The number of carboxylic acid groups (broad SMARTS) is 1. The molecule has 1 aromatic heterocycles. The first-order valence-electron chi connectivity index (χ1n) is 11.2. The summed E-state index contributed by atoms with van der Waals surface area (Å²) in [5.74, 6) is -2.31. The lowest BCUT2D eigenvalue weighted by atomic mass is 9.73. The quantitative estimate of drug-likeness (QED) is 0.436. The van der Waals surface area contributed by atoms with Crippen LogP contribution in [0, 0.1) is 17.8 Å². The van der Waals surface area contributed by atoms with Crippen LogP contribution in [0.3, 0.4) is 0 Å². The molecule has 4 rings (SSSR count). The molecule has 13 heteroatoms. The predicted octanol–water partition coefficient (Wildman–Crippen LogP) is -0.407. The topological polar surface area (TPSA) is 151 Å². The lowest BCUT2D eigenvalue weighted by Crippen LogP contribution is -2.62. The fourth-order valence-corrected chi connectivity index (χ4v) is 6.70. The van der Waals surface area contributed by atoms with Crippen molar-refractivity contribution in [2.45, 2.75) is 50.6 Å². The van der Waals surface area contributed by atoms with E-state index in [1.807, 2.05) is 13.8 Å². The highest BCUT2D eigenvalue weighted by atomic mass is 32.2. The van der Waals surface area contributed by atoms with Crippen molar-refractivity contribution >= 4 is 35.3 Å². The summed E-state index contributed by atoms with van der Waals surface area (Å²) in [4.78, 5) is 53.5. The molecule has 0 aliphatic carbocycles. The van der Waals surface area contributed by atoms with Crippen LogP contribution in [0.15, 0.2) is 16.9 Å². The minimum absolute atomic E-state index is 0.00534. The van der Waals surface area contributed by atoms with Crippen LogP contribution in [-0.2, 0) is 25.7 Å². The van der Waals surface area contributed by atoms with E-state index in [-0.39, 0.29) is 65.4 Å². The van der Waals surface area contributed by atoms with Crippen molar-refractivity contribution in [2.75, 3.05) is 20.6 Å². The van der Waals surface area contributed by atoms with Gasteiger partial charge in [-0.05, 0) is 22.8 Å². The summed E-state index contributed by atoms with van der Waals surface area (Å²) in [7, 11) is 3.42. The largest absolute Gasteiger partial charge is 0.477 e. The molecule has 2 amide bonds. The number of carbonyl (C=O) groups excluding carboxylic acids is 3. The lowest BCUT2D eigenvalue weighted by Gasteiger charge is -2.47. The molecule has 2 saturated heterocycles. The van der Waals surface area contributed by atoms with Crippen LogP contribution in [0.1, 0.15) is 26.7 Å². The highest BCUT2D eigenvalue weighted by Gasteiger charge is 2.60. The van der Waals surface area contributed by atoms with Gasteiger partial charge in [0.2, 0.25) is 11.8 Å². The Morgan fingerprint density at radius 1 is 1.35 bits per heavy atom. The Labute approximate surface area is 201 Å². The summed E-state index contributed by atoms with van der Waals surface area (Å²) >= 11 is 1.45. The number of nitrogens with zero attached hydrogens (tertiary/aromatic N) is 6. The van der Waals surface area contributed by atoms with Crippen molar-refractivity contribution in [3.8, 4) is 0 Å². The number of aliphatic carboxylic acids is 1. The minimum atomic E-state index is -1.13. The van der Waals surface area contributed by atoms with Crippen LogP contribution >= 0.6 is 11.8 Å². The molecule has 34 heavy (non-hydrogen) atoms. The van der Waals surface area contributed by atoms with Crippen LogP contribution < -0.4 is 5.32 Å². The summed E-state index contributed by atoms with van der Waals surface area (Å²) in [5.41, 5.74) is 0.0401. The number of hydrogen-bond acceptors (Lipinski definition) is 9. The number of hydrogen-bond donors (Lipinski definition) is 2. The Morgan fingerprint density at radius 2 is 2.09 bits per heavy atom. The molecule has 0 radical (unpaired) electrons. The van der Waals surface area contributed by atoms with Crippen LogP contribution in [-0.4, -0.2) is 96.7 Å². The standard InChI is InChI=1S/C21H29N7O5S/c1-10(5-12(29)8-27-9-23-24-25-27)15-16-11(2)18(17(21(32)33)28(16)20(15)31)34-13-6-14(22-7-13)19(30)26(3)4/h9-11,13-16,22H,5-8H2,1-4H3,(H,32,33)/t10-,11+,13-,14-,15+,16+/m0/s1. The summed E-state index contributed by atoms with van der Waals surface area (Å²) in [5, 5.41) is 23.9. The Bertz CT molecular complexity index is 1030. The molecule has 0 saturated carbocycles. The fraction of sp³-hybridized carbons (Fsp3) is 0.667. The Morgan fingerprint density at radius 3 is 2.71 bits per heavy atom. The number of carboxylic acids is 1. The number of ketones is 1. The molecule has 1 aromatic rings. The van der Waals surface area contributed by atoms with Crippen molar-refractivity contribution in [3.05, 3.63) is 16.9 Å². The van der Waals surface area contributed by atoms with Gasteiger partial charge in [0.25, 0.3) is 0 Å². The van der Waals surface area contributed by atoms with Crippen LogP contribution in [0.4, 0.5) is 0 Å². The molecular weight excluding hydrogens is 462 g/mol. The van der Waals surface area contributed by atoms with Crippen molar-refractivity contribution in [1.29, 1.82) is 0 Å². The zero-order valence-corrected chi connectivity index (χ0v) is 20.4. The number of β-lactam (4-membered cyclic amide) rings is 1. The van der Waals surface area contributed by atoms with Gasteiger partial charge in [0.05, 0.1) is 18.0 Å². The third kappa shape index (κ3) is 4.33. The van der Waals surface area contributed by atoms with Crippen LogP contribution in [0.5, 0.6) is 0 Å². The first-order chi connectivity index (χ1) is 16.1. The van der Waals surface area contributed by atoms with Crippen LogP contribution in [0.2, 0.25) is 0 Å². The SMILES string of the molecule is C[C@@H](CC(=O)Cn1cnnn1)[C@H]1C(=O)N2C(C(=O)O)=C(S[C@@H]3CN[C@H](C(=O)N(C)C)C3)[C@H](C)[C@H]12. The summed E-state index contributed by atoms with van der Waals surface area (Å²) in [6.07, 6.45) is 2.13. The van der Waals surface area contributed by atoms with Crippen molar-refractivity contribution < 1.29 is 24.3 Å². The maximum absolute atomic E-state index is 13.1. The van der Waals surface area contributed by atoms with Crippen molar-refractivity contribution in [1.82, 2.24) is 35.3 Å². The second kappa shape index (κ2) is 9.45. The molecule has 3 aliphatic heterocycles. The maximum atomic E-state index is 13.1. The summed E-state index contributed by atoms with van der Waals surface area (Å²) < 4.78 is 1.34. The van der Waals surface area contributed by atoms with E-state index in [1.54, 1.807) is 19.0 Å². The Hall–Kier alpha value is -2.80. The highest BCUT2D eigenvalue weighted by molar-refractivity contribution is 8.03. The second-order valence-corrected chi connectivity index (χ2v) is 10.8. The van der Waals surface area contributed by atoms with Gasteiger partial charge in [-0.15, -0.1) is 16.9 Å². The van der Waals surface area contributed by atoms with Gasteiger partial charge < -0.3 is 20.2 Å². The number of Topliss-reactive ketones (excluding diaryl/α,β-unsaturated/α-hetero) is 1. The average Bonchev–Trinajstić information content (AvgIpc) is 3.48. The normalized spacial score (nSPS) is 29.1. The Balaban J connectivity index is 1.44. The number of thioether (sulfide) groups is 1. The fourth-order valence-electron chi connectivity index (χ4n) is 5.22. The number of rotatable bonds is 9. The molecule has 0 spiro atoms. The number of amides is 2. The van der Waals surface area contributed by atoms with E-state index in [2.05, 4.69) is 20.8 Å². The van der Waals surface area contributed by atoms with Gasteiger partial charge in [-0.2, -0.15) is 0 Å². The van der Waals surface area contributed by atoms with E-state index in [0.29, 0.717) is 17.9 Å². The number of tetrazole rings is 1. The monoisotopic (exact) mass is 491 g/mol. The number of fused-ring (bicyclic) bond motifs is 1. The van der Waals surface area contributed by atoms with Crippen molar-refractivity contribution in [3.63, 3.8) is 0 Å². The molecule has 4 heterocycles. The highest BCUT2D eigenvalue weighted by Crippen LogP contribution is 2.53. The first-order valence-corrected chi connectivity index (χ1v) is 12.1. The number of aromatic nitrogens is 4. The summed E-state index contributed by atoms with van der Waals surface area (Å²) in [6, 6.07) is -0.582. The zero-order valence-electron chi connectivity index (χ0n) is 19.5. The molecular formula is C21H29N7O5S. The average molecular weight is 492 g/mol. The smallest absolute Gasteiger partial charge is 0.353 e. The number of likely N-dealkylation sites (N-methyl/N-ethyl adjacent to an activating group) is 1. The minimum Gasteiger partial charge on any atom is -0.477 e. The molecule has 2 N–H and O–H groups in total. The summed E-state index contributed by atoms with van der Waals surface area (Å²) in [6.45, 7) is 4.41.